The second-order valence-electron chi connectivity index (χ2n) is 7.04. The first-order valence-corrected chi connectivity index (χ1v) is 9.11. The molecule has 0 bridgehead atoms. The average Bonchev–Trinajstić information content (AvgIpc) is 3.27. The molecule has 1 saturated heterocycles. The highest BCUT2D eigenvalue weighted by Gasteiger charge is 2.29. The molecule has 3 aromatic rings. The van der Waals surface area contributed by atoms with Crippen molar-refractivity contribution in [3.63, 3.8) is 0 Å². The monoisotopic (exact) mass is 353 g/mol. The molecule has 0 aliphatic carbocycles. The lowest BCUT2D eigenvalue weighted by Crippen LogP contribution is -2.43. The Bertz CT molecular complexity index is 915. The molecule has 7 nitrogen and oxygen atoms in total. The third kappa shape index (κ3) is 3.21. The van der Waals surface area contributed by atoms with Crippen LogP contribution in [-0.2, 0) is 11.2 Å². The maximum absolute atomic E-state index is 13.1. The number of carbonyl (C=O) groups excluding carboxylic acids is 1. The molecular weight excluding hydrogens is 330 g/mol. The zero-order valence-corrected chi connectivity index (χ0v) is 15.1. The van der Waals surface area contributed by atoms with Crippen LogP contribution in [0.15, 0.2) is 35.1 Å². The number of benzene rings is 1. The van der Waals surface area contributed by atoms with Gasteiger partial charge in [0.2, 0.25) is 11.8 Å². The molecule has 136 valence electrons. The van der Waals surface area contributed by atoms with E-state index in [1.165, 1.54) is 0 Å². The minimum Gasteiger partial charge on any atom is -0.341 e. The summed E-state index contributed by atoms with van der Waals surface area (Å²) in [5.74, 6) is 1.83. The summed E-state index contributed by atoms with van der Waals surface area (Å²) in [4.78, 5) is 23.7. The molecule has 2 unspecified atom stereocenters. The van der Waals surface area contributed by atoms with Gasteiger partial charge in [0.05, 0.1) is 17.4 Å². The molecule has 3 heterocycles. The first-order valence-electron chi connectivity index (χ1n) is 9.11. The fraction of sp³-hybridized carbons (Fsp3) is 0.474. The lowest BCUT2D eigenvalue weighted by Gasteiger charge is -2.34. The second-order valence-corrected chi connectivity index (χ2v) is 7.04. The van der Waals surface area contributed by atoms with Crippen molar-refractivity contribution in [1.29, 1.82) is 0 Å². The highest BCUT2D eigenvalue weighted by Crippen LogP contribution is 2.24. The predicted octanol–water partition coefficient (Wildman–Crippen LogP) is 2.77. The largest absolute Gasteiger partial charge is 0.341 e. The summed E-state index contributed by atoms with van der Waals surface area (Å²) < 4.78 is 7.02. The third-order valence-electron chi connectivity index (χ3n) is 5.13. The summed E-state index contributed by atoms with van der Waals surface area (Å²) in [5, 5.41) is 3.99. The van der Waals surface area contributed by atoms with Crippen LogP contribution in [0.25, 0.3) is 11.0 Å². The van der Waals surface area contributed by atoms with Crippen LogP contribution in [0.5, 0.6) is 0 Å². The van der Waals surface area contributed by atoms with E-state index in [4.69, 9.17) is 4.52 Å². The van der Waals surface area contributed by atoms with Crippen molar-refractivity contribution in [3.05, 3.63) is 42.3 Å². The van der Waals surface area contributed by atoms with Crippen molar-refractivity contribution >= 4 is 16.9 Å². The summed E-state index contributed by atoms with van der Waals surface area (Å²) in [6.45, 7) is 5.29. The molecule has 0 N–H and O–H groups in total. The van der Waals surface area contributed by atoms with Gasteiger partial charge in [-0.1, -0.05) is 17.3 Å². The van der Waals surface area contributed by atoms with Crippen LogP contribution in [0.4, 0.5) is 0 Å². The van der Waals surface area contributed by atoms with E-state index in [0.29, 0.717) is 11.8 Å². The number of rotatable bonds is 4. The van der Waals surface area contributed by atoms with E-state index in [-0.39, 0.29) is 11.9 Å². The van der Waals surface area contributed by atoms with Gasteiger partial charge in [-0.05, 0) is 37.8 Å². The lowest BCUT2D eigenvalue weighted by atomic mass is 9.94. The Kier molecular flexibility index (Phi) is 4.44. The van der Waals surface area contributed by atoms with Gasteiger partial charge in [-0.3, -0.25) is 4.79 Å². The summed E-state index contributed by atoms with van der Waals surface area (Å²) in [6.07, 6.45) is 4.60. The third-order valence-corrected chi connectivity index (χ3v) is 5.13. The number of likely N-dealkylation sites (tertiary alicyclic amines) is 1. The maximum Gasteiger partial charge on any atom is 0.245 e. The number of aromatic nitrogens is 4. The smallest absolute Gasteiger partial charge is 0.245 e. The molecule has 0 spiro atoms. The molecule has 1 fully saturated rings. The number of para-hydroxylation sites is 2. The van der Waals surface area contributed by atoms with Gasteiger partial charge < -0.3 is 14.0 Å². The van der Waals surface area contributed by atoms with E-state index in [2.05, 4.69) is 15.1 Å². The summed E-state index contributed by atoms with van der Waals surface area (Å²) in [7, 11) is 0. The van der Waals surface area contributed by atoms with E-state index >= 15 is 0 Å². The molecule has 0 radical (unpaired) electrons. The number of hydrogen-bond acceptors (Lipinski definition) is 5. The summed E-state index contributed by atoms with van der Waals surface area (Å²) in [6, 6.07) is 7.63. The van der Waals surface area contributed by atoms with Gasteiger partial charge >= 0.3 is 0 Å². The van der Waals surface area contributed by atoms with Crippen LogP contribution in [0.1, 0.15) is 37.5 Å². The lowest BCUT2D eigenvalue weighted by molar-refractivity contribution is -0.136. The van der Waals surface area contributed by atoms with Gasteiger partial charge in [-0.15, -0.1) is 0 Å². The van der Waals surface area contributed by atoms with Crippen molar-refractivity contribution in [2.24, 2.45) is 5.92 Å². The van der Waals surface area contributed by atoms with Crippen LogP contribution in [0.2, 0.25) is 0 Å². The number of fused-ring (bicyclic) bond motifs is 1. The first-order chi connectivity index (χ1) is 12.6. The number of nitrogens with zero attached hydrogens (tertiary/aromatic N) is 5. The van der Waals surface area contributed by atoms with Crippen molar-refractivity contribution in [2.75, 3.05) is 13.1 Å². The van der Waals surface area contributed by atoms with E-state index in [9.17, 15) is 4.79 Å². The Morgan fingerprint density at radius 3 is 3.04 bits per heavy atom. The fourth-order valence-corrected chi connectivity index (χ4v) is 3.78. The molecule has 4 rings (SSSR count). The minimum atomic E-state index is -0.270. The number of aryl methyl sites for hydroxylation is 1. The first kappa shape index (κ1) is 16.8. The fourth-order valence-electron chi connectivity index (χ4n) is 3.78. The second kappa shape index (κ2) is 6.90. The Morgan fingerprint density at radius 1 is 1.38 bits per heavy atom. The standard InChI is InChI=1S/C19H23N5O2/c1-13(24-12-20-16-7-3-4-8-17(16)24)19(25)23-9-5-6-15(11-23)10-18-21-14(2)26-22-18/h3-4,7-8,12-13,15H,5-6,9-11H2,1-2H3. The van der Waals surface area contributed by atoms with Crippen LogP contribution in [0, 0.1) is 12.8 Å². The number of imidazole rings is 1. The number of carbonyl (C=O) groups is 1. The summed E-state index contributed by atoms with van der Waals surface area (Å²) >= 11 is 0. The van der Waals surface area contributed by atoms with Gasteiger partial charge in [0.25, 0.3) is 0 Å². The van der Waals surface area contributed by atoms with Crippen LogP contribution in [-0.4, -0.2) is 43.6 Å². The molecule has 0 saturated carbocycles. The molecule has 7 heteroatoms. The molecule has 1 aromatic carbocycles. The Hall–Kier alpha value is -2.70. The van der Waals surface area contributed by atoms with Crippen LogP contribution < -0.4 is 0 Å². The van der Waals surface area contributed by atoms with Crippen molar-refractivity contribution < 1.29 is 9.32 Å². The molecule has 2 atom stereocenters. The van der Waals surface area contributed by atoms with Gasteiger partial charge in [-0.25, -0.2) is 4.98 Å². The van der Waals surface area contributed by atoms with E-state index in [0.717, 1.165) is 49.2 Å². The minimum absolute atomic E-state index is 0.141. The highest BCUT2D eigenvalue weighted by molar-refractivity contribution is 5.83. The van der Waals surface area contributed by atoms with E-state index in [1.54, 1.807) is 13.3 Å². The van der Waals surface area contributed by atoms with Gasteiger partial charge in [0.15, 0.2) is 5.82 Å². The zero-order valence-electron chi connectivity index (χ0n) is 15.1. The van der Waals surface area contributed by atoms with E-state index in [1.807, 2.05) is 40.7 Å². The number of piperidine rings is 1. The summed E-state index contributed by atoms with van der Waals surface area (Å²) in [5.41, 5.74) is 1.90. The van der Waals surface area contributed by atoms with Crippen LogP contribution in [0.3, 0.4) is 0 Å². The van der Waals surface area contributed by atoms with Gasteiger partial charge in [-0.2, -0.15) is 4.98 Å². The molecule has 1 aliphatic heterocycles. The molecule has 1 amide bonds. The van der Waals surface area contributed by atoms with Crippen molar-refractivity contribution in [1.82, 2.24) is 24.6 Å². The highest BCUT2D eigenvalue weighted by atomic mass is 16.5. The SMILES string of the molecule is Cc1nc(CC2CCCN(C(=O)C(C)n3cnc4ccccc43)C2)no1. The van der Waals surface area contributed by atoms with Gasteiger partial charge in [0.1, 0.15) is 6.04 Å². The van der Waals surface area contributed by atoms with Crippen molar-refractivity contribution in [3.8, 4) is 0 Å². The average molecular weight is 353 g/mol. The normalized spacial score (nSPS) is 19.0. The maximum atomic E-state index is 13.1. The predicted molar refractivity (Wildman–Crippen MR) is 96.5 cm³/mol. The van der Waals surface area contributed by atoms with Crippen molar-refractivity contribution in [2.45, 2.75) is 39.2 Å². The number of amides is 1. The Morgan fingerprint density at radius 2 is 2.23 bits per heavy atom. The molecule has 2 aromatic heterocycles. The van der Waals surface area contributed by atoms with E-state index < -0.39 is 0 Å². The zero-order chi connectivity index (χ0) is 18.1. The topological polar surface area (TPSA) is 77.1 Å². The Balaban J connectivity index is 1.46. The molecular formula is C19H23N5O2. The van der Waals surface area contributed by atoms with Gasteiger partial charge in [0, 0.05) is 26.4 Å². The van der Waals surface area contributed by atoms with Crippen LogP contribution >= 0.6 is 0 Å². The Labute approximate surface area is 152 Å². The molecule has 1 aliphatic rings. The molecule has 26 heavy (non-hydrogen) atoms. The number of hydrogen-bond donors (Lipinski definition) is 0. The quantitative estimate of drug-likeness (QED) is 0.721.